The lowest BCUT2D eigenvalue weighted by Gasteiger charge is -2.36. The van der Waals surface area contributed by atoms with E-state index in [1.165, 1.54) is 0 Å². The molecule has 3 amide bonds. The van der Waals surface area contributed by atoms with Gasteiger partial charge < -0.3 is 38.8 Å². The Balaban J connectivity index is 1.31. The van der Waals surface area contributed by atoms with Crippen LogP contribution in [0.3, 0.4) is 0 Å². The lowest BCUT2D eigenvalue weighted by Crippen LogP contribution is -2.57. The van der Waals surface area contributed by atoms with E-state index >= 15 is 0 Å². The Kier molecular flexibility index (Phi) is 13.4. The molecule has 0 aliphatic carbocycles. The van der Waals surface area contributed by atoms with Gasteiger partial charge in [-0.2, -0.15) is 0 Å². The minimum absolute atomic E-state index is 0.0328. The molecule has 0 bridgehead atoms. The lowest BCUT2D eigenvalue weighted by atomic mass is 9.93. The second-order valence-electron chi connectivity index (χ2n) is 12.6. The molecule has 5 fully saturated rings. The molecule has 5 rings (SSSR count). The van der Waals surface area contributed by atoms with E-state index in [-0.39, 0.29) is 55.5 Å². The first-order valence-corrected chi connectivity index (χ1v) is 16.9. The van der Waals surface area contributed by atoms with Crippen LogP contribution in [0.1, 0.15) is 38.5 Å². The van der Waals surface area contributed by atoms with Crippen molar-refractivity contribution in [2.75, 3.05) is 105 Å². The summed E-state index contributed by atoms with van der Waals surface area (Å²) in [7, 11) is 0. The SMILES string of the molecule is O=C(NC(=NC(CCC(=O)N1CCCC1)C(=O)NC1C(=O)COCC1CN1CCOCC1)N1CCOCC1)OCC1CCOCC1. The number of Topliss-reactive ketones (excluding diaryl/α,β-unsaturated/α-hetero) is 1. The molecule has 15 heteroatoms. The van der Waals surface area contributed by atoms with Crippen molar-refractivity contribution in [3.63, 3.8) is 0 Å². The van der Waals surface area contributed by atoms with Crippen LogP contribution in [0.25, 0.3) is 0 Å². The van der Waals surface area contributed by atoms with Gasteiger partial charge in [0.1, 0.15) is 12.6 Å². The molecule has 5 heterocycles. The molecule has 5 saturated heterocycles. The van der Waals surface area contributed by atoms with Gasteiger partial charge in [0.05, 0.1) is 45.7 Å². The Morgan fingerprint density at radius 3 is 2.26 bits per heavy atom. The molecule has 0 radical (unpaired) electrons. The zero-order chi connectivity index (χ0) is 32.1. The summed E-state index contributed by atoms with van der Waals surface area (Å²) in [6, 6.07) is -1.78. The van der Waals surface area contributed by atoms with Crippen molar-refractivity contribution in [2.24, 2.45) is 16.8 Å². The second-order valence-corrected chi connectivity index (χ2v) is 12.6. The number of hydrogen-bond acceptors (Lipinski definition) is 11. The maximum atomic E-state index is 14.0. The fraction of sp³-hybridized carbons (Fsp3) is 0.839. The van der Waals surface area contributed by atoms with Crippen LogP contribution in [-0.2, 0) is 38.1 Å². The number of nitrogens with one attached hydrogen (secondary N) is 2. The normalized spacial score (nSPS) is 26.1. The zero-order valence-corrected chi connectivity index (χ0v) is 26.8. The van der Waals surface area contributed by atoms with Gasteiger partial charge in [-0.05, 0) is 38.0 Å². The van der Waals surface area contributed by atoms with Gasteiger partial charge in [-0.15, -0.1) is 0 Å². The number of nitrogens with zero attached hydrogens (tertiary/aromatic N) is 4. The molecule has 3 unspecified atom stereocenters. The van der Waals surface area contributed by atoms with Crippen LogP contribution in [0.2, 0.25) is 0 Å². The molecular weight excluding hydrogens is 600 g/mol. The van der Waals surface area contributed by atoms with Crippen LogP contribution < -0.4 is 10.6 Å². The van der Waals surface area contributed by atoms with Crippen molar-refractivity contribution in [2.45, 2.75) is 50.6 Å². The highest BCUT2D eigenvalue weighted by atomic mass is 16.5. The maximum absolute atomic E-state index is 14.0. The first-order valence-electron chi connectivity index (χ1n) is 16.9. The molecule has 0 aromatic rings. The van der Waals surface area contributed by atoms with Gasteiger partial charge >= 0.3 is 6.09 Å². The summed E-state index contributed by atoms with van der Waals surface area (Å²) < 4.78 is 27.5. The summed E-state index contributed by atoms with van der Waals surface area (Å²) in [6.45, 7) is 8.33. The van der Waals surface area contributed by atoms with Gasteiger partial charge in [-0.1, -0.05) is 0 Å². The standard InChI is InChI=1S/C31H50N6O9/c38-26-22-45-21-24(19-35-9-15-43-16-10-35)28(26)33-29(40)25(3-4-27(39)36-7-1-2-8-36)32-30(37-11-17-44-18-12-37)34-31(41)46-20-23-5-13-42-14-6-23/h23-25,28H,1-22H2,(H,33,40)(H,32,34,41). The molecule has 46 heavy (non-hydrogen) atoms. The number of guanidine groups is 1. The first-order chi connectivity index (χ1) is 22.5. The molecule has 3 atom stereocenters. The topological polar surface area (TPSA) is 161 Å². The van der Waals surface area contributed by atoms with Crippen LogP contribution >= 0.6 is 0 Å². The van der Waals surface area contributed by atoms with Gasteiger partial charge in [0.15, 0.2) is 5.78 Å². The van der Waals surface area contributed by atoms with Crippen LogP contribution in [0, 0.1) is 11.8 Å². The van der Waals surface area contributed by atoms with E-state index in [0.717, 1.165) is 38.8 Å². The van der Waals surface area contributed by atoms with E-state index in [1.54, 1.807) is 0 Å². The number of carbonyl (C=O) groups excluding carboxylic acids is 4. The molecule has 0 aromatic heterocycles. The third-order valence-electron chi connectivity index (χ3n) is 9.28. The van der Waals surface area contributed by atoms with E-state index in [0.29, 0.717) is 79.0 Å². The van der Waals surface area contributed by atoms with E-state index in [4.69, 9.17) is 28.7 Å². The van der Waals surface area contributed by atoms with Crippen LogP contribution in [-0.4, -0.2) is 162 Å². The fourth-order valence-corrected chi connectivity index (χ4v) is 6.47. The monoisotopic (exact) mass is 650 g/mol. The summed E-state index contributed by atoms with van der Waals surface area (Å²) in [4.78, 5) is 63.7. The largest absolute Gasteiger partial charge is 0.449 e. The van der Waals surface area contributed by atoms with Gasteiger partial charge in [0, 0.05) is 71.4 Å². The smallest absolute Gasteiger partial charge is 0.413 e. The van der Waals surface area contributed by atoms with Gasteiger partial charge in [-0.25, -0.2) is 9.79 Å². The van der Waals surface area contributed by atoms with Crippen LogP contribution in [0.15, 0.2) is 4.99 Å². The third-order valence-corrected chi connectivity index (χ3v) is 9.28. The number of carbonyl (C=O) groups is 4. The van der Waals surface area contributed by atoms with E-state index in [2.05, 4.69) is 15.5 Å². The minimum atomic E-state index is -1.03. The Labute approximate surface area is 270 Å². The number of likely N-dealkylation sites (tertiary alicyclic amines) is 1. The second kappa shape index (κ2) is 17.9. The molecular formula is C31H50N6O9. The van der Waals surface area contributed by atoms with Gasteiger partial charge in [-0.3, -0.25) is 24.6 Å². The van der Waals surface area contributed by atoms with Gasteiger partial charge in [0.2, 0.25) is 17.8 Å². The minimum Gasteiger partial charge on any atom is -0.449 e. The quantitative estimate of drug-likeness (QED) is 0.235. The number of ether oxygens (including phenoxy) is 5. The van der Waals surface area contributed by atoms with Crippen molar-refractivity contribution in [1.29, 1.82) is 0 Å². The predicted octanol–water partition coefficient (Wildman–Crippen LogP) is -0.369. The molecule has 2 N–H and O–H groups in total. The molecule has 15 nitrogen and oxygen atoms in total. The number of hydrogen-bond donors (Lipinski definition) is 2. The summed E-state index contributed by atoms with van der Waals surface area (Å²) in [5.41, 5.74) is 0. The summed E-state index contributed by atoms with van der Waals surface area (Å²) in [5.74, 6) is -0.523. The Hall–Kier alpha value is -2.85. The molecule has 258 valence electrons. The molecule has 5 aliphatic heterocycles. The summed E-state index contributed by atoms with van der Waals surface area (Å²) in [6.07, 6.45) is 3.15. The first kappa shape index (κ1) is 34.5. The molecule has 0 aromatic carbocycles. The molecule has 0 saturated carbocycles. The highest BCUT2D eigenvalue weighted by molar-refractivity contribution is 5.97. The van der Waals surface area contributed by atoms with Crippen molar-refractivity contribution in [3.05, 3.63) is 0 Å². The van der Waals surface area contributed by atoms with Crippen molar-refractivity contribution < 1.29 is 42.9 Å². The number of rotatable bonds is 10. The number of alkyl carbamates (subject to hydrolysis) is 1. The number of ketones is 1. The van der Waals surface area contributed by atoms with Crippen molar-refractivity contribution in [3.8, 4) is 0 Å². The highest BCUT2D eigenvalue weighted by Gasteiger charge is 2.37. The van der Waals surface area contributed by atoms with Crippen LogP contribution in [0.5, 0.6) is 0 Å². The van der Waals surface area contributed by atoms with Crippen molar-refractivity contribution >= 4 is 29.7 Å². The third kappa shape index (κ3) is 10.3. The maximum Gasteiger partial charge on any atom is 0.413 e. The number of morpholine rings is 2. The number of aliphatic imine (C=N–C) groups is 1. The predicted molar refractivity (Wildman–Crippen MR) is 165 cm³/mol. The van der Waals surface area contributed by atoms with Crippen LogP contribution in [0.4, 0.5) is 4.79 Å². The molecule has 5 aliphatic rings. The van der Waals surface area contributed by atoms with E-state index < -0.39 is 24.1 Å². The average Bonchev–Trinajstić information content (AvgIpc) is 3.63. The lowest BCUT2D eigenvalue weighted by molar-refractivity contribution is -0.139. The van der Waals surface area contributed by atoms with Gasteiger partial charge in [0.25, 0.3) is 0 Å². The molecule has 0 spiro atoms. The summed E-state index contributed by atoms with van der Waals surface area (Å²) >= 11 is 0. The highest BCUT2D eigenvalue weighted by Crippen LogP contribution is 2.18. The fourth-order valence-electron chi connectivity index (χ4n) is 6.47. The Morgan fingerprint density at radius 1 is 0.870 bits per heavy atom. The van der Waals surface area contributed by atoms with E-state index in [1.807, 2.05) is 9.80 Å². The zero-order valence-electron chi connectivity index (χ0n) is 26.8. The average molecular weight is 651 g/mol. The van der Waals surface area contributed by atoms with Crippen molar-refractivity contribution in [1.82, 2.24) is 25.3 Å². The van der Waals surface area contributed by atoms with E-state index in [9.17, 15) is 19.2 Å². The Bertz CT molecular complexity index is 1050. The summed E-state index contributed by atoms with van der Waals surface area (Å²) in [5, 5.41) is 5.75. The Morgan fingerprint density at radius 2 is 1.54 bits per heavy atom. The number of amides is 3.